The van der Waals surface area contributed by atoms with Crippen LogP contribution in [0.4, 0.5) is 13.2 Å². The predicted molar refractivity (Wildman–Crippen MR) is 66.8 cm³/mol. The van der Waals surface area contributed by atoms with E-state index in [-0.39, 0.29) is 0 Å². The van der Waals surface area contributed by atoms with E-state index in [0.717, 1.165) is 28.8 Å². The number of carboxylic acids is 1. The molecule has 0 aliphatic rings. The number of nitrogens with zero attached hydrogens (tertiary/aromatic N) is 1. The molecular weight excluding hydrogens is 291 g/mol. The zero-order chi connectivity index (χ0) is 14.8. The van der Waals surface area contributed by atoms with Crippen molar-refractivity contribution in [2.24, 2.45) is 0 Å². The molecule has 1 aromatic heterocycles. The molecule has 0 spiro atoms. The summed E-state index contributed by atoms with van der Waals surface area (Å²) in [6, 6.07) is 6.47. The maximum atomic E-state index is 12.8. The molecule has 0 aliphatic heterocycles. The van der Waals surface area contributed by atoms with Gasteiger partial charge >= 0.3 is 12.1 Å². The van der Waals surface area contributed by atoms with E-state index in [1.54, 1.807) is 12.1 Å². The van der Waals surface area contributed by atoms with Crippen LogP contribution < -0.4 is 0 Å². The Morgan fingerprint density at radius 3 is 2.30 bits per heavy atom. The van der Waals surface area contributed by atoms with E-state index < -0.39 is 23.3 Å². The highest BCUT2D eigenvalue weighted by Gasteiger charge is 2.35. The molecule has 0 unspecified atom stereocenters. The monoisotopic (exact) mass is 299 g/mol. The molecule has 1 aromatic carbocycles. The zero-order valence-corrected chi connectivity index (χ0v) is 10.7. The number of carboxylic acid groups (broad SMARTS) is 1. The third-order valence-corrected chi connectivity index (χ3v) is 3.41. The summed E-state index contributed by atoms with van der Waals surface area (Å²) in [6.07, 6.45) is -1.65. The molecule has 0 saturated heterocycles. The Kier molecular flexibility index (Phi) is 3.99. The molecule has 0 radical (unpaired) electrons. The van der Waals surface area contributed by atoms with Crippen LogP contribution in [0.1, 0.15) is 15.9 Å². The van der Waals surface area contributed by atoms with Gasteiger partial charge in [0.15, 0.2) is 0 Å². The van der Waals surface area contributed by atoms with Crippen molar-refractivity contribution in [1.82, 2.24) is 4.98 Å². The fourth-order valence-electron chi connectivity index (χ4n) is 1.55. The summed E-state index contributed by atoms with van der Waals surface area (Å²) < 4.78 is 38.5. The average Bonchev–Trinajstić information content (AvgIpc) is 2.38. The largest absolute Gasteiger partial charge is 0.478 e. The van der Waals surface area contributed by atoms with Gasteiger partial charge in [-0.05, 0) is 30.3 Å². The van der Waals surface area contributed by atoms with Crippen molar-refractivity contribution in [3.05, 3.63) is 53.9 Å². The summed E-state index contributed by atoms with van der Waals surface area (Å²) in [5, 5.41) is 8.79. The zero-order valence-electron chi connectivity index (χ0n) is 9.89. The Morgan fingerprint density at radius 1 is 1.10 bits per heavy atom. The minimum absolute atomic E-state index is 0.313. The SMILES string of the molecule is O=C(O)c1ccc(Sc2ccncc2)cc1C(F)(F)F. The van der Waals surface area contributed by atoms with E-state index in [1.807, 2.05) is 0 Å². The lowest BCUT2D eigenvalue weighted by atomic mass is 10.1. The quantitative estimate of drug-likeness (QED) is 0.932. The highest BCUT2D eigenvalue weighted by Crippen LogP contribution is 2.36. The highest BCUT2D eigenvalue weighted by molar-refractivity contribution is 7.99. The molecule has 7 heteroatoms. The number of aromatic carboxylic acids is 1. The van der Waals surface area contributed by atoms with Crippen LogP contribution in [-0.2, 0) is 6.18 Å². The van der Waals surface area contributed by atoms with Crippen molar-refractivity contribution in [1.29, 1.82) is 0 Å². The molecule has 104 valence electrons. The molecule has 0 amide bonds. The van der Waals surface area contributed by atoms with Crippen LogP contribution in [0.5, 0.6) is 0 Å². The number of hydrogen-bond donors (Lipinski definition) is 1. The van der Waals surface area contributed by atoms with E-state index >= 15 is 0 Å². The predicted octanol–water partition coefficient (Wildman–Crippen LogP) is 3.95. The number of carbonyl (C=O) groups is 1. The molecule has 0 bridgehead atoms. The summed E-state index contributed by atoms with van der Waals surface area (Å²) in [7, 11) is 0. The first-order chi connectivity index (χ1) is 9.38. The van der Waals surface area contributed by atoms with Crippen molar-refractivity contribution in [3.8, 4) is 0 Å². The molecule has 20 heavy (non-hydrogen) atoms. The van der Waals surface area contributed by atoms with Gasteiger partial charge in [0.05, 0.1) is 11.1 Å². The number of rotatable bonds is 3. The molecular formula is C13H8F3NO2S. The standard InChI is InChI=1S/C13H8F3NO2S/c14-13(15,16)11-7-9(1-2-10(11)12(18)19)20-8-3-5-17-6-4-8/h1-7H,(H,18,19). The van der Waals surface area contributed by atoms with E-state index in [2.05, 4.69) is 4.98 Å². The van der Waals surface area contributed by atoms with Gasteiger partial charge in [-0.25, -0.2) is 4.79 Å². The Morgan fingerprint density at radius 2 is 1.75 bits per heavy atom. The molecule has 0 atom stereocenters. The smallest absolute Gasteiger partial charge is 0.417 e. The first-order valence-electron chi connectivity index (χ1n) is 5.40. The van der Waals surface area contributed by atoms with Gasteiger partial charge in [0.2, 0.25) is 0 Å². The number of halogens is 3. The third-order valence-electron chi connectivity index (χ3n) is 2.41. The minimum atomic E-state index is -4.71. The van der Waals surface area contributed by atoms with Gasteiger partial charge in [-0.2, -0.15) is 13.2 Å². The van der Waals surface area contributed by atoms with E-state index in [4.69, 9.17) is 5.11 Å². The Hall–Kier alpha value is -2.02. The van der Waals surface area contributed by atoms with E-state index in [1.165, 1.54) is 18.5 Å². The molecule has 3 nitrogen and oxygen atoms in total. The van der Waals surface area contributed by atoms with Crippen molar-refractivity contribution in [2.45, 2.75) is 16.0 Å². The number of aromatic nitrogens is 1. The second-order valence-electron chi connectivity index (χ2n) is 3.80. The van der Waals surface area contributed by atoms with Crippen molar-refractivity contribution < 1.29 is 23.1 Å². The van der Waals surface area contributed by atoms with Crippen LogP contribution in [-0.4, -0.2) is 16.1 Å². The summed E-state index contributed by atoms with van der Waals surface area (Å²) in [4.78, 5) is 15.7. The molecule has 1 heterocycles. The second kappa shape index (κ2) is 5.54. The van der Waals surface area contributed by atoms with Crippen LogP contribution in [0.2, 0.25) is 0 Å². The van der Waals surface area contributed by atoms with E-state index in [9.17, 15) is 18.0 Å². The van der Waals surface area contributed by atoms with Crippen LogP contribution in [0.3, 0.4) is 0 Å². The summed E-state index contributed by atoms with van der Waals surface area (Å²) in [5.41, 5.74) is -1.90. The van der Waals surface area contributed by atoms with Crippen LogP contribution in [0.15, 0.2) is 52.5 Å². The molecule has 2 aromatic rings. The normalized spacial score (nSPS) is 11.3. The maximum Gasteiger partial charge on any atom is 0.417 e. The van der Waals surface area contributed by atoms with Gasteiger partial charge in [0.1, 0.15) is 0 Å². The van der Waals surface area contributed by atoms with Crippen LogP contribution >= 0.6 is 11.8 Å². The Labute approximate surface area is 116 Å². The van der Waals surface area contributed by atoms with Crippen LogP contribution in [0.25, 0.3) is 0 Å². The Balaban J connectivity index is 2.40. The molecule has 1 N–H and O–H groups in total. The fourth-order valence-corrected chi connectivity index (χ4v) is 2.39. The lowest BCUT2D eigenvalue weighted by Gasteiger charge is -2.12. The fraction of sp³-hybridized carbons (Fsp3) is 0.0769. The Bertz CT molecular complexity index is 629. The number of hydrogen-bond acceptors (Lipinski definition) is 3. The summed E-state index contributed by atoms with van der Waals surface area (Å²) in [6.45, 7) is 0. The molecule has 0 saturated carbocycles. The average molecular weight is 299 g/mol. The lowest BCUT2D eigenvalue weighted by Crippen LogP contribution is -2.12. The highest BCUT2D eigenvalue weighted by atomic mass is 32.2. The summed E-state index contributed by atoms with van der Waals surface area (Å²) in [5.74, 6) is -1.60. The minimum Gasteiger partial charge on any atom is -0.478 e. The van der Waals surface area contributed by atoms with Crippen molar-refractivity contribution in [2.75, 3.05) is 0 Å². The molecule has 0 aliphatic carbocycles. The summed E-state index contributed by atoms with van der Waals surface area (Å²) >= 11 is 1.11. The molecule has 2 rings (SSSR count). The topological polar surface area (TPSA) is 50.2 Å². The van der Waals surface area contributed by atoms with Crippen molar-refractivity contribution >= 4 is 17.7 Å². The first kappa shape index (κ1) is 14.4. The van der Waals surface area contributed by atoms with Gasteiger partial charge in [-0.1, -0.05) is 11.8 Å². The second-order valence-corrected chi connectivity index (χ2v) is 4.94. The maximum absolute atomic E-state index is 12.8. The number of pyridine rings is 1. The first-order valence-corrected chi connectivity index (χ1v) is 6.22. The van der Waals surface area contributed by atoms with Gasteiger partial charge in [-0.3, -0.25) is 4.98 Å². The van der Waals surface area contributed by atoms with Crippen LogP contribution in [0, 0.1) is 0 Å². The lowest BCUT2D eigenvalue weighted by molar-refractivity contribution is -0.138. The number of alkyl halides is 3. The van der Waals surface area contributed by atoms with Gasteiger partial charge < -0.3 is 5.11 Å². The molecule has 0 fully saturated rings. The number of benzene rings is 1. The van der Waals surface area contributed by atoms with Gasteiger partial charge in [0.25, 0.3) is 0 Å². The van der Waals surface area contributed by atoms with Gasteiger partial charge in [-0.15, -0.1) is 0 Å². The van der Waals surface area contributed by atoms with Crippen molar-refractivity contribution in [3.63, 3.8) is 0 Å². The van der Waals surface area contributed by atoms with Gasteiger partial charge in [0, 0.05) is 22.2 Å². The third kappa shape index (κ3) is 3.30. The van der Waals surface area contributed by atoms with E-state index in [0.29, 0.717) is 4.90 Å².